The highest BCUT2D eigenvalue weighted by molar-refractivity contribution is 7.14. The molecule has 0 saturated carbocycles. The first-order chi connectivity index (χ1) is 50.1. The maximum atomic E-state index is 15.5. The average molecular weight is 1510 g/mol. The topological polar surface area (TPSA) is 420 Å². The van der Waals surface area contributed by atoms with E-state index < -0.39 is 121 Å². The van der Waals surface area contributed by atoms with Crippen molar-refractivity contribution in [3.63, 3.8) is 0 Å². The van der Waals surface area contributed by atoms with Crippen molar-refractivity contribution < 1.29 is 81.7 Å². The number of likely N-dealkylation sites (N-methyl/N-ethyl adjacent to an activating group) is 1. The Balaban J connectivity index is 0.856. The molecule has 37 heteroatoms. The number of methoxy groups -OCH3 is 1. The largest absolute Gasteiger partial charge is 0.506 e. The number of aromatic hydroxyl groups is 1. The Bertz CT molecular complexity index is 4930. The molecule has 12 bridgehead atoms. The second-order valence-electron chi connectivity index (χ2n) is 25.4. The number of hydrogen-bond acceptors (Lipinski definition) is 31. The van der Waals surface area contributed by atoms with Crippen LogP contribution in [-0.2, 0) is 60.7 Å². The Labute approximate surface area is 610 Å². The van der Waals surface area contributed by atoms with E-state index in [0.29, 0.717) is 42.8 Å². The van der Waals surface area contributed by atoms with Crippen LogP contribution in [0.25, 0.3) is 49.3 Å². The number of allylic oxidation sites excluding steroid dienone is 1. The predicted octanol–water partition coefficient (Wildman–Crippen LogP) is 5.89. The summed E-state index contributed by atoms with van der Waals surface area (Å²) < 4.78 is 51.5. The van der Waals surface area contributed by atoms with Gasteiger partial charge in [-0.1, -0.05) is 12.1 Å². The van der Waals surface area contributed by atoms with Crippen LogP contribution in [0.1, 0.15) is 137 Å². The summed E-state index contributed by atoms with van der Waals surface area (Å²) in [6.07, 6.45) is -5.63. The first-order valence-corrected chi connectivity index (χ1v) is 37.0. The summed E-state index contributed by atoms with van der Waals surface area (Å²) in [6, 6.07) is 5.58. The number of fused-ring (bicyclic) bond motifs is 16. The normalized spacial score (nSPS) is 25.7. The fourth-order valence-electron chi connectivity index (χ4n) is 13.6. The van der Waals surface area contributed by atoms with Gasteiger partial charge in [0.1, 0.15) is 137 Å². The molecule has 0 spiro atoms. The van der Waals surface area contributed by atoms with Gasteiger partial charge < -0.3 is 85.0 Å². The van der Waals surface area contributed by atoms with E-state index in [-0.39, 0.29) is 112 Å². The lowest BCUT2D eigenvalue weighted by molar-refractivity contribution is -0.269. The molecule has 3 fully saturated rings. The number of thiazole rings is 5. The number of pyridine rings is 2. The Kier molecular flexibility index (Phi) is 19.1. The molecule has 9 N–H and O–H groups in total. The van der Waals surface area contributed by atoms with E-state index in [4.69, 9.17) is 63.6 Å². The van der Waals surface area contributed by atoms with Crippen molar-refractivity contribution in [2.24, 2.45) is 5.73 Å². The molecule has 9 aromatic rings. The maximum Gasteiger partial charge on any atom is 0.355 e. The fourth-order valence-corrected chi connectivity index (χ4v) is 17.8. The summed E-state index contributed by atoms with van der Waals surface area (Å²) >= 11 is 4.80. The molecule has 11 atom stereocenters. The summed E-state index contributed by atoms with van der Waals surface area (Å²) in [5.74, 6) is -5.75. The van der Waals surface area contributed by atoms with E-state index in [2.05, 4.69) is 51.0 Å². The number of cyclic esters (lactones) is 2. The lowest BCUT2D eigenvalue weighted by Gasteiger charge is -2.45. The van der Waals surface area contributed by atoms with Crippen molar-refractivity contribution in [2.75, 3.05) is 52.0 Å². The maximum absolute atomic E-state index is 15.5. The number of esters is 2. The van der Waals surface area contributed by atoms with Crippen LogP contribution in [0.15, 0.2) is 75.3 Å². The zero-order valence-electron chi connectivity index (χ0n) is 56.0. The summed E-state index contributed by atoms with van der Waals surface area (Å²) in [4.78, 5) is 143. The smallest absolute Gasteiger partial charge is 0.355 e. The number of amides is 5. The molecule has 6 aliphatic rings. The van der Waals surface area contributed by atoms with E-state index in [9.17, 15) is 24.6 Å². The van der Waals surface area contributed by atoms with Crippen molar-refractivity contribution >= 4 is 121 Å². The molecule has 14 heterocycles. The molecular formula is C67H65N15O17S5. The zero-order valence-corrected chi connectivity index (χ0v) is 60.1. The number of morpholine rings is 1. The van der Waals surface area contributed by atoms with E-state index in [1.54, 1.807) is 29.8 Å². The van der Waals surface area contributed by atoms with E-state index >= 15 is 19.2 Å². The second kappa shape index (κ2) is 28.4. The van der Waals surface area contributed by atoms with Gasteiger partial charge in [0.05, 0.1) is 50.8 Å². The van der Waals surface area contributed by atoms with Crippen molar-refractivity contribution in [1.82, 2.24) is 66.0 Å². The van der Waals surface area contributed by atoms with Crippen LogP contribution < -0.4 is 31.9 Å². The minimum Gasteiger partial charge on any atom is -0.506 e. The number of ether oxygens (including phenoxy) is 8. The average Bonchev–Trinajstić information content (AvgIpc) is 1.63. The number of hydrogen-bond donors (Lipinski definition) is 8. The van der Waals surface area contributed by atoms with Gasteiger partial charge in [-0.3, -0.25) is 28.9 Å². The minimum absolute atomic E-state index is 0.00493. The number of aliphatic hydroxyl groups excluding tert-OH is 1. The van der Waals surface area contributed by atoms with Gasteiger partial charge in [-0.25, -0.2) is 44.5 Å². The summed E-state index contributed by atoms with van der Waals surface area (Å²) in [6.45, 7) is 7.84. The number of primary amides is 1. The Hall–Kier alpha value is -9.64. The number of aromatic nitrogens is 8. The van der Waals surface area contributed by atoms with Crippen molar-refractivity contribution in [3.8, 4) is 38.4 Å². The van der Waals surface area contributed by atoms with Crippen LogP contribution in [0.4, 0.5) is 5.82 Å². The quantitative estimate of drug-likeness (QED) is 0.0649. The summed E-state index contributed by atoms with van der Waals surface area (Å²) in [5, 5.41) is 42.2. The number of benzene rings is 1. The molecule has 15 rings (SSSR count). The van der Waals surface area contributed by atoms with E-state index in [1.807, 2.05) is 33.0 Å². The van der Waals surface area contributed by atoms with Crippen LogP contribution in [0.3, 0.4) is 0 Å². The molecule has 104 heavy (non-hydrogen) atoms. The standard InChI is InChI=1S/C67H65N15O17S5/c1-27(83)45-58(89)79-46(28(2)92-6)61-75-40(26-103-61)57(88)80-50-51-52(98-43-17-67(4)53(29(3)97-43)81(5)64(99-67)30-10-11-42(69-18-30)82-12-14-93-15-13-82)66(91)95-19-31-8-7-9-34-44(31)33(20-94-51)48(70-34)65(90)96-21-35(71-55(86)38-25-104-63(50)76-38)60-72-36(22-101-60)47-32(59-74-39(24-100-59)56(87)78-45)16-41(84)49(77-47)62-73-37(23-102-62)54(68)85/h7-11,16,18,22-27,29,35,43,45,50-53,64,70,83-84H,12-15,17,19-21H2,1-6H3,(H2,68,85)(H,71,86)(H,78,87)(H,79,89)(H,80,88)/t27-,29+,35+,43+,45+,50+,51?,52+,53-,64?,67+/m1/s1. The summed E-state index contributed by atoms with van der Waals surface area (Å²) in [7, 11) is 3.27. The Morgan fingerprint density at radius 3 is 2.28 bits per heavy atom. The molecule has 0 radical (unpaired) electrons. The number of nitrogens with one attached hydrogen (secondary N) is 5. The molecule has 5 amide bonds. The highest BCUT2D eigenvalue weighted by Crippen LogP contribution is 2.49. The number of H-pyrrole nitrogens is 1. The highest BCUT2D eigenvalue weighted by atomic mass is 32.1. The molecule has 6 aliphatic heterocycles. The van der Waals surface area contributed by atoms with Gasteiger partial charge in [0.15, 0.2) is 12.4 Å². The molecule has 2 unspecified atom stereocenters. The van der Waals surface area contributed by atoms with Crippen molar-refractivity contribution in [2.45, 2.75) is 114 Å². The fraction of sp³-hybridized carbons (Fsp3) is 0.373. The van der Waals surface area contributed by atoms with Gasteiger partial charge in [0.25, 0.3) is 23.6 Å². The molecule has 0 aliphatic carbocycles. The molecule has 1 aromatic carbocycles. The zero-order chi connectivity index (χ0) is 72.6. The molecule has 32 nitrogen and oxygen atoms in total. The third-order valence-electron chi connectivity index (χ3n) is 18.6. The number of carbonyl (C=O) groups excluding carboxylic acids is 7. The number of rotatable bonds is 8. The number of aromatic amines is 1. The van der Waals surface area contributed by atoms with E-state index in [1.165, 1.54) is 48.5 Å². The SMILES string of the molecule is COC(C)=C1NC(=O)[C@H]([C@@H](C)O)NC(=O)c2csc(n2)-c2cc(O)c(-c3nc(C(N)=O)cs3)nc2-c2csc(n2)[C@@H]2COC(=O)c3[nH]c4cccc5c4c3COC([C@H](O[C@H]3C[C@]4(C)OC(c6ccc(N7CCOCC7)nc6)N(C)[C@@H]4[C@H](C)O3)C(=O)OC5)[C@H](NC(=O)c3csc1n3)c1nc(cs1)C(=O)N2. The summed E-state index contributed by atoms with van der Waals surface area (Å²) in [5.41, 5.74) is 5.85. The van der Waals surface area contributed by atoms with Crippen LogP contribution in [0, 0.1) is 0 Å². The number of nitrogens with two attached hydrogens (primary N) is 1. The van der Waals surface area contributed by atoms with Gasteiger partial charge >= 0.3 is 11.9 Å². The van der Waals surface area contributed by atoms with Gasteiger partial charge in [0, 0.05) is 80.2 Å². The monoisotopic (exact) mass is 1510 g/mol. The third kappa shape index (κ3) is 13.3. The predicted molar refractivity (Wildman–Crippen MR) is 375 cm³/mol. The molecule has 540 valence electrons. The molecular weight excluding hydrogens is 1450 g/mol. The Morgan fingerprint density at radius 2 is 1.53 bits per heavy atom. The minimum atomic E-state index is -1.83. The van der Waals surface area contributed by atoms with Gasteiger partial charge in [-0.15, -0.1) is 56.7 Å². The van der Waals surface area contributed by atoms with Crippen LogP contribution >= 0.6 is 56.7 Å². The number of carbonyl (C=O) groups is 7. The highest BCUT2D eigenvalue weighted by Gasteiger charge is 2.58. The van der Waals surface area contributed by atoms with Gasteiger partial charge in [-0.2, -0.15) is 0 Å². The lowest BCUT2D eigenvalue weighted by Crippen LogP contribution is -2.58. The van der Waals surface area contributed by atoms with E-state index in [0.717, 1.165) is 68.1 Å². The van der Waals surface area contributed by atoms with Gasteiger partial charge in [-0.05, 0) is 64.6 Å². The number of nitrogens with zero attached hydrogens (tertiary/aromatic N) is 9. The van der Waals surface area contributed by atoms with Crippen LogP contribution in [0.5, 0.6) is 5.75 Å². The molecule has 3 saturated heterocycles. The van der Waals surface area contributed by atoms with Crippen molar-refractivity contribution in [3.05, 3.63) is 135 Å². The first kappa shape index (κ1) is 70.0. The number of aliphatic hydroxyl groups is 1. The first-order valence-electron chi connectivity index (χ1n) is 32.6. The third-order valence-corrected chi connectivity index (χ3v) is 23.1. The van der Waals surface area contributed by atoms with Crippen molar-refractivity contribution in [1.29, 1.82) is 0 Å². The lowest BCUT2D eigenvalue weighted by atomic mass is 9.86. The van der Waals surface area contributed by atoms with Crippen LogP contribution in [0.2, 0.25) is 0 Å². The Morgan fingerprint density at radius 1 is 0.817 bits per heavy atom. The second-order valence-corrected chi connectivity index (χ2v) is 29.8. The van der Waals surface area contributed by atoms with Crippen LogP contribution in [-0.4, -0.2) is 192 Å². The van der Waals surface area contributed by atoms with Gasteiger partial charge in [0.2, 0.25) is 5.91 Å². The number of anilines is 1. The molecule has 8 aromatic heterocycles.